The summed E-state index contributed by atoms with van der Waals surface area (Å²) in [5.41, 5.74) is 7.76. The van der Waals surface area contributed by atoms with Crippen molar-refractivity contribution in [1.29, 1.82) is 5.26 Å². The minimum Gasteiger partial charge on any atom is -0.508 e. The van der Waals surface area contributed by atoms with Crippen molar-refractivity contribution in [2.75, 3.05) is 16.4 Å². The van der Waals surface area contributed by atoms with E-state index in [0.29, 0.717) is 22.1 Å². The summed E-state index contributed by atoms with van der Waals surface area (Å²) in [6.07, 6.45) is 1.30. The van der Waals surface area contributed by atoms with Crippen LogP contribution in [0.3, 0.4) is 0 Å². The lowest BCUT2D eigenvalue weighted by Gasteiger charge is -2.08. The Kier molecular flexibility index (Phi) is 5.30. The van der Waals surface area contributed by atoms with Crippen LogP contribution >= 0.6 is 11.6 Å². The van der Waals surface area contributed by atoms with E-state index in [1.807, 2.05) is 6.07 Å². The smallest absolute Gasteiger partial charge is 0.267 e. The number of nitrogen functional groups attached to an aromatic ring is 1. The van der Waals surface area contributed by atoms with E-state index >= 15 is 0 Å². The molecule has 2 aromatic carbocycles. The molecule has 0 atom stereocenters. The second-order valence-electron chi connectivity index (χ2n) is 5.00. The van der Waals surface area contributed by atoms with Gasteiger partial charge in [-0.3, -0.25) is 4.79 Å². The first-order valence-corrected chi connectivity index (χ1v) is 7.31. The van der Waals surface area contributed by atoms with E-state index in [1.54, 1.807) is 31.2 Å². The fraction of sp³-hybridized carbons (Fsp3) is 0.0588. The van der Waals surface area contributed by atoms with Crippen molar-refractivity contribution < 1.29 is 9.90 Å². The number of nitrogens with two attached hydrogens (primary N) is 1. The monoisotopic (exact) mass is 342 g/mol. The molecule has 0 aliphatic carbocycles. The first kappa shape index (κ1) is 17.2. The van der Waals surface area contributed by atoms with Crippen LogP contribution in [0, 0.1) is 18.3 Å². The third-order valence-corrected chi connectivity index (χ3v) is 3.53. The first-order valence-electron chi connectivity index (χ1n) is 6.93. The lowest BCUT2D eigenvalue weighted by Crippen LogP contribution is -2.14. The third kappa shape index (κ3) is 4.18. The van der Waals surface area contributed by atoms with Gasteiger partial charge in [0.1, 0.15) is 17.4 Å². The van der Waals surface area contributed by atoms with Gasteiger partial charge in [-0.1, -0.05) is 11.6 Å². The molecule has 6 nitrogen and oxygen atoms in total. The van der Waals surface area contributed by atoms with E-state index in [2.05, 4.69) is 10.6 Å². The number of aryl methyl sites for hydroxylation is 1. The molecular weight excluding hydrogens is 328 g/mol. The Balaban J connectivity index is 2.13. The fourth-order valence-electron chi connectivity index (χ4n) is 1.91. The lowest BCUT2D eigenvalue weighted by molar-refractivity contribution is -0.112. The molecule has 0 spiro atoms. The Hall–Kier alpha value is -3.17. The summed E-state index contributed by atoms with van der Waals surface area (Å²) in [4.78, 5) is 12.1. The van der Waals surface area contributed by atoms with E-state index in [9.17, 15) is 9.90 Å². The summed E-state index contributed by atoms with van der Waals surface area (Å²) < 4.78 is 0. The molecule has 0 aromatic heterocycles. The number of phenols is 1. The summed E-state index contributed by atoms with van der Waals surface area (Å²) in [6, 6.07) is 11.2. The number of hydrogen-bond acceptors (Lipinski definition) is 5. The quantitative estimate of drug-likeness (QED) is 0.294. The number of carbonyl (C=O) groups is 1. The average Bonchev–Trinajstić information content (AvgIpc) is 2.53. The second-order valence-corrected chi connectivity index (χ2v) is 5.41. The summed E-state index contributed by atoms with van der Waals surface area (Å²) in [5.74, 6) is -0.442. The number of rotatable bonds is 4. The van der Waals surface area contributed by atoms with Crippen LogP contribution in [0.4, 0.5) is 17.1 Å². The molecule has 0 aliphatic heterocycles. The number of halogens is 1. The Labute approximate surface area is 144 Å². The fourth-order valence-corrected chi connectivity index (χ4v) is 2.09. The Morgan fingerprint density at radius 2 is 2.08 bits per heavy atom. The maximum absolute atomic E-state index is 12.1. The molecule has 2 aromatic rings. The van der Waals surface area contributed by atoms with E-state index in [-0.39, 0.29) is 11.3 Å². The molecule has 24 heavy (non-hydrogen) atoms. The van der Waals surface area contributed by atoms with Crippen LogP contribution < -0.4 is 16.4 Å². The number of nitrogens with zero attached hydrogens (tertiary/aromatic N) is 1. The van der Waals surface area contributed by atoms with Gasteiger partial charge in [0.25, 0.3) is 5.91 Å². The van der Waals surface area contributed by atoms with Crippen molar-refractivity contribution in [1.82, 2.24) is 0 Å². The van der Waals surface area contributed by atoms with Gasteiger partial charge in [0, 0.05) is 17.6 Å². The van der Waals surface area contributed by atoms with E-state index in [1.165, 1.54) is 18.3 Å². The third-order valence-electron chi connectivity index (χ3n) is 3.21. The average molecular weight is 343 g/mol. The number of nitriles is 1. The summed E-state index contributed by atoms with van der Waals surface area (Å²) in [6.45, 7) is 1.79. The normalized spacial score (nSPS) is 10.8. The zero-order valence-electron chi connectivity index (χ0n) is 12.8. The maximum atomic E-state index is 12.1. The Morgan fingerprint density at radius 1 is 1.33 bits per heavy atom. The Bertz CT molecular complexity index is 856. The number of amides is 1. The minimum absolute atomic E-state index is 0.115. The van der Waals surface area contributed by atoms with E-state index in [0.717, 1.165) is 5.56 Å². The van der Waals surface area contributed by atoms with E-state index in [4.69, 9.17) is 22.6 Å². The molecular formula is C17H15ClN4O2. The van der Waals surface area contributed by atoms with Gasteiger partial charge in [0.2, 0.25) is 0 Å². The number of hydrogen-bond donors (Lipinski definition) is 4. The van der Waals surface area contributed by atoms with Crippen LogP contribution in [0.1, 0.15) is 5.56 Å². The van der Waals surface area contributed by atoms with Gasteiger partial charge < -0.3 is 21.5 Å². The standard InChI is InChI=1S/C17H15ClN4O2/c1-10-6-13(23)3-5-16(10)21-9-11(8-19)17(24)22-12-2-4-15(20)14(18)7-12/h2-7,9,21,23H,20H2,1H3,(H,22,24)/b11-9-. The van der Waals surface area contributed by atoms with Crippen molar-refractivity contribution in [3.05, 3.63) is 58.8 Å². The zero-order valence-corrected chi connectivity index (χ0v) is 13.6. The Morgan fingerprint density at radius 3 is 2.71 bits per heavy atom. The van der Waals surface area contributed by atoms with Gasteiger partial charge in [0.15, 0.2) is 0 Å². The highest BCUT2D eigenvalue weighted by molar-refractivity contribution is 6.33. The number of carbonyl (C=O) groups excluding carboxylic acids is 1. The van der Waals surface area contributed by atoms with Crippen LogP contribution in [0.25, 0.3) is 0 Å². The summed E-state index contributed by atoms with van der Waals surface area (Å²) in [5, 5.41) is 24.3. The van der Waals surface area contributed by atoms with Gasteiger partial charge in [-0.25, -0.2) is 0 Å². The molecule has 2 rings (SSSR count). The highest BCUT2D eigenvalue weighted by Gasteiger charge is 2.10. The number of phenolic OH excluding ortho intramolecular Hbond substituents is 1. The molecule has 0 unspecified atom stereocenters. The number of nitrogens with one attached hydrogen (secondary N) is 2. The van der Waals surface area contributed by atoms with Crippen LogP contribution in [-0.4, -0.2) is 11.0 Å². The first-order chi connectivity index (χ1) is 11.4. The van der Waals surface area contributed by atoms with Gasteiger partial charge in [0.05, 0.1) is 10.7 Å². The van der Waals surface area contributed by atoms with Crippen LogP contribution in [0.15, 0.2) is 48.2 Å². The molecule has 0 radical (unpaired) electrons. The van der Waals surface area contributed by atoms with Crippen molar-refractivity contribution in [3.63, 3.8) is 0 Å². The van der Waals surface area contributed by atoms with Gasteiger partial charge >= 0.3 is 0 Å². The molecule has 0 saturated carbocycles. The molecule has 0 fully saturated rings. The molecule has 0 bridgehead atoms. The predicted molar refractivity (Wildman–Crippen MR) is 94.7 cm³/mol. The van der Waals surface area contributed by atoms with Crippen molar-refractivity contribution in [2.45, 2.75) is 6.92 Å². The molecule has 5 N–H and O–H groups in total. The van der Waals surface area contributed by atoms with Crippen molar-refractivity contribution in [2.24, 2.45) is 0 Å². The zero-order chi connectivity index (χ0) is 17.7. The molecule has 1 amide bonds. The van der Waals surface area contributed by atoms with Gasteiger partial charge in [-0.05, 0) is 48.9 Å². The molecule has 0 heterocycles. The van der Waals surface area contributed by atoms with Crippen molar-refractivity contribution >= 4 is 34.6 Å². The van der Waals surface area contributed by atoms with Crippen LogP contribution in [-0.2, 0) is 4.79 Å². The molecule has 0 saturated heterocycles. The van der Waals surface area contributed by atoms with Crippen molar-refractivity contribution in [3.8, 4) is 11.8 Å². The number of aromatic hydroxyl groups is 1. The highest BCUT2D eigenvalue weighted by atomic mass is 35.5. The second kappa shape index (κ2) is 7.40. The number of anilines is 3. The lowest BCUT2D eigenvalue weighted by atomic mass is 10.2. The summed E-state index contributed by atoms with van der Waals surface area (Å²) >= 11 is 5.89. The number of benzene rings is 2. The minimum atomic E-state index is -0.581. The van der Waals surface area contributed by atoms with Crippen LogP contribution in [0.5, 0.6) is 5.75 Å². The molecule has 7 heteroatoms. The molecule has 0 aliphatic rings. The van der Waals surface area contributed by atoms with Crippen LogP contribution in [0.2, 0.25) is 5.02 Å². The molecule has 122 valence electrons. The van der Waals surface area contributed by atoms with Gasteiger partial charge in [-0.2, -0.15) is 5.26 Å². The topological polar surface area (TPSA) is 111 Å². The largest absolute Gasteiger partial charge is 0.508 e. The SMILES string of the molecule is Cc1cc(O)ccc1N/C=C(/C#N)C(=O)Nc1ccc(N)c(Cl)c1. The summed E-state index contributed by atoms with van der Waals surface area (Å²) in [7, 11) is 0. The predicted octanol–water partition coefficient (Wildman–Crippen LogP) is 3.39. The highest BCUT2D eigenvalue weighted by Crippen LogP contribution is 2.23. The maximum Gasteiger partial charge on any atom is 0.267 e. The van der Waals surface area contributed by atoms with E-state index < -0.39 is 5.91 Å². The van der Waals surface area contributed by atoms with Gasteiger partial charge in [-0.15, -0.1) is 0 Å².